The zero-order chi connectivity index (χ0) is 10.1. The molecule has 2 aromatic rings. The second-order valence-corrected chi connectivity index (χ2v) is 3.31. The van der Waals surface area contributed by atoms with Gasteiger partial charge in [0.2, 0.25) is 0 Å². The van der Waals surface area contributed by atoms with Crippen LogP contribution in [-0.4, -0.2) is 15.0 Å². The maximum Gasteiger partial charge on any atom is 0.132 e. The highest BCUT2D eigenvalue weighted by atomic mass is 16.5. The SMILES string of the molecule is C1=C\n2nncc2COc2ccccc2/1. The van der Waals surface area contributed by atoms with Crippen LogP contribution in [0.3, 0.4) is 0 Å². The summed E-state index contributed by atoms with van der Waals surface area (Å²) in [5, 5.41) is 7.76. The van der Waals surface area contributed by atoms with Crippen LogP contribution in [0.15, 0.2) is 30.5 Å². The van der Waals surface area contributed by atoms with Crippen LogP contribution in [-0.2, 0) is 6.61 Å². The molecular weight excluding hydrogens is 190 g/mol. The molecule has 15 heavy (non-hydrogen) atoms. The van der Waals surface area contributed by atoms with Crippen LogP contribution in [0.5, 0.6) is 5.75 Å². The van der Waals surface area contributed by atoms with Gasteiger partial charge in [0.1, 0.15) is 18.1 Å². The van der Waals surface area contributed by atoms with Crippen molar-refractivity contribution >= 4 is 12.3 Å². The molecular formula is C11H9N3O. The van der Waals surface area contributed by atoms with E-state index in [-0.39, 0.29) is 0 Å². The van der Waals surface area contributed by atoms with E-state index in [4.69, 9.17) is 4.74 Å². The Kier molecular flexibility index (Phi) is 1.78. The van der Waals surface area contributed by atoms with Gasteiger partial charge in [-0.05, 0) is 12.1 Å². The second-order valence-electron chi connectivity index (χ2n) is 3.31. The van der Waals surface area contributed by atoms with Crippen molar-refractivity contribution in [2.75, 3.05) is 0 Å². The molecule has 1 aromatic heterocycles. The summed E-state index contributed by atoms with van der Waals surface area (Å²) in [4.78, 5) is 0. The standard InChI is InChI=1S/C11H9N3O/c1-2-4-11-9(3-1)5-6-14-10(8-15-11)7-12-13-14/h1-7H,8H2/b6-5-. The van der Waals surface area contributed by atoms with Gasteiger partial charge in [0.15, 0.2) is 0 Å². The number of fused-ring (bicyclic) bond motifs is 2. The molecule has 0 amide bonds. The Morgan fingerprint density at radius 2 is 2.20 bits per heavy atom. The maximum atomic E-state index is 5.66. The number of benzene rings is 1. The van der Waals surface area contributed by atoms with E-state index in [1.807, 2.05) is 36.5 Å². The van der Waals surface area contributed by atoms with Crippen LogP contribution in [0.1, 0.15) is 11.3 Å². The van der Waals surface area contributed by atoms with Gasteiger partial charge in [-0.25, -0.2) is 4.68 Å². The number of hydrogen-bond acceptors (Lipinski definition) is 3. The van der Waals surface area contributed by atoms with Crippen LogP contribution < -0.4 is 4.74 Å². The van der Waals surface area contributed by atoms with E-state index in [0.717, 1.165) is 17.0 Å². The summed E-state index contributed by atoms with van der Waals surface area (Å²) in [6, 6.07) is 7.91. The zero-order valence-corrected chi connectivity index (χ0v) is 8.00. The Balaban J connectivity index is 2.10. The third-order valence-electron chi connectivity index (χ3n) is 2.34. The van der Waals surface area contributed by atoms with Crippen LogP contribution >= 0.6 is 0 Å². The van der Waals surface area contributed by atoms with E-state index < -0.39 is 0 Å². The number of para-hydroxylation sites is 1. The van der Waals surface area contributed by atoms with Crippen molar-refractivity contribution in [1.82, 2.24) is 15.0 Å². The monoisotopic (exact) mass is 199 g/mol. The molecule has 0 aliphatic carbocycles. The fraction of sp³-hybridized carbons (Fsp3) is 0.0909. The first-order valence-corrected chi connectivity index (χ1v) is 4.72. The molecule has 4 heteroatoms. The number of aromatic nitrogens is 3. The van der Waals surface area contributed by atoms with E-state index in [0.29, 0.717) is 6.61 Å². The second kappa shape index (κ2) is 3.24. The first-order valence-electron chi connectivity index (χ1n) is 4.72. The summed E-state index contributed by atoms with van der Waals surface area (Å²) in [5.41, 5.74) is 2.00. The van der Waals surface area contributed by atoms with Gasteiger partial charge in [0.25, 0.3) is 0 Å². The predicted molar refractivity (Wildman–Crippen MR) is 56.0 cm³/mol. The molecule has 1 aliphatic heterocycles. The molecule has 0 saturated carbocycles. The first kappa shape index (κ1) is 8.23. The average Bonchev–Trinajstić information content (AvgIpc) is 2.68. The van der Waals surface area contributed by atoms with Gasteiger partial charge in [-0.2, -0.15) is 0 Å². The van der Waals surface area contributed by atoms with Gasteiger partial charge in [-0.1, -0.05) is 23.4 Å². The van der Waals surface area contributed by atoms with Crippen molar-refractivity contribution < 1.29 is 4.74 Å². The fourth-order valence-corrected chi connectivity index (χ4v) is 1.55. The van der Waals surface area contributed by atoms with E-state index in [9.17, 15) is 0 Å². The van der Waals surface area contributed by atoms with E-state index in [2.05, 4.69) is 10.3 Å². The quantitative estimate of drug-likeness (QED) is 0.649. The van der Waals surface area contributed by atoms with Crippen LogP contribution in [0, 0.1) is 0 Å². The Bertz CT molecular complexity index is 516. The van der Waals surface area contributed by atoms with Gasteiger partial charge >= 0.3 is 0 Å². The third kappa shape index (κ3) is 1.40. The van der Waals surface area contributed by atoms with Gasteiger partial charge in [0.05, 0.1) is 6.20 Å². The molecule has 0 saturated heterocycles. The lowest BCUT2D eigenvalue weighted by Crippen LogP contribution is -2.05. The molecule has 0 radical (unpaired) electrons. The van der Waals surface area contributed by atoms with Crippen LogP contribution in [0.4, 0.5) is 0 Å². The average molecular weight is 199 g/mol. The lowest BCUT2D eigenvalue weighted by Gasteiger charge is -2.11. The molecule has 74 valence electrons. The first-order chi connectivity index (χ1) is 7.43. The number of rotatable bonds is 0. The Morgan fingerprint density at radius 1 is 1.27 bits per heavy atom. The van der Waals surface area contributed by atoms with E-state index in [1.165, 1.54) is 0 Å². The molecule has 1 aliphatic rings. The molecule has 0 N–H and O–H groups in total. The highest BCUT2D eigenvalue weighted by Crippen LogP contribution is 2.22. The van der Waals surface area contributed by atoms with Crippen molar-refractivity contribution in [2.24, 2.45) is 0 Å². The summed E-state index contributed by atoms with van der Waals surface area (Å²) in [6.07, 6.45) is 5.56. The Morgan fingerprint density at radius 3 is 3.20 bits per heavy atom. The molecule has 0 fully saturated rings. The van der Waals surface area contributed by atoms with Gasteiger partial charge in [-0.3, -0.25) is 0 Å². The zero-order valence-electron chi connectivity index (χ0n) is 8.00. The maximum absolute atomic E-state index is 5.66. The summed E-state index contributed by atoms with van der Waals surface area (Å²) < 4.78 is 7.38. The van der Waals surface area contributed by atoms with E-state index in [1.54, 1.807) is 10.9 Å². The molecule has 0 spiro atoms. The largest absolute Gasteiger partial charge is 0.487 e. The fourth-order valence-electron chi connectivity index (χ4n) is 1.55. The molecule has 3 rings (SSSR count). The van der Waals surface area contributed by atoms with E-state index >= 15 is 0 Å². The minimum atomic E-state index is 0.494. The summed E-state index contributed by atoms with van der Waals surface area (Å²) in [7, 11) is 0. The molecule has 2 heterocycles. The predicted octanol–water partition coefficient (Wildman–Crippen LogP) is 1.80. The summed E-state index contributed by atoms with van der Waals surface area (Å²) in [5.74, 6) is 0.890. The molecule has 4 nitrogen and oxygen atoms in total. The van der Waals surface area contributed by atoms with Crippen molar-refractivity contribution in [3.05, 3.63) is 41.7 Å². The minimum absolute atomic E-state index is 0.494. The van der Waals surface area contributed by atoms with Crippen LogP contribution in [0.2, 0.25) is 0 Å². The normalized spacial score (nSPS) is 15.5. The minimum Gasteiger partial charge on any atom is -0.487 e. The lowest BCUT2D eigenvalue weighted by atomic mass is 10.2. The molecule has 0 unspecified atom stereocenters. The Hall–Kier alpha value is -2.10. The number of nitrogens with zero attached hydrogens (tertiary/aromatic N) is 3. The molecule has 1 aromatic carbocycles. The summed E-state index contributed by atoms with van der Waals surface area (Å²) in [6.45, 7) is 0.494. The lowest BCUT2D eigenvalue weighted by molar-refractivity contribution is 0.297. The summed E-state index contributed by atoms with van der Waals surface area (Å²) >= 11 is 0. The van der Waals surface area contributed by atoms with Gasteiger partial charge in [-0.15, -0.1) is 5.10 Å². The highest BCUT2D eigenvalue weighted by Gasteiger charge is 2.07. The molecule has 0 atom stereocenters. The molecule has 0 bridgehead atoms. The topological polar surface area (TPSA) is 39.9 Å². The van der Waals surface area contributed by atoms with Gasteiger partial charge < -0.3 is 4.74 Å². The highest BCUT2D eigenvalue weighted by molar-refractivity contribution is 5.65. The smallest absolute Gasteiger partial charge is 0.132 e. The number of hydrogen-bond donors (Lipinski definition) is 0. The third-order valence-corrected chi connectivity index (χ3v) is 2.34. The van der Waals surface area contributed by atoms with Crippen molar-refractivity contribution in [3.8, 4) is 5.75 Å². The number of ether oxygens (including phenoxy) is 1. The Labute approximate surface area is 86.8 Å². The van der Waals surface area contributed by atoms with Crippen LogP contribution in [0.25, 0.3) is 12.3 Å². The van der Waals surface area contributed by atoms with Crippen molar-refractivity contribution in [2.45, 2.75) is 6.61 Å². The van der Waals surface area contributed by atoms with Crippen molar-refractivity contribution in [1.29, 1.82) is 0 Å². The van der Waals surface area contributed by atoms with Gasteiger partial charge in [0, 0.05) is 11.8 Å². The van der Waals surface area contributed by atoms with Crippen molar-refractivity contribution in [3.63, 3.8) is 0 Å².